The Balaban J connectivity index is 2.32. The van der Waals surface area contributed by atoms with Crippen LogP contribution in [0.25, 0.3) is 0 Å². The Morgan fingerprint density at radius 2 is 1.88 bits per heavy atom. The van der Waals surface area contributed by atoms with Gasteiger partial charge in [0.25, 0.3) is 0 Å². The third-order valence-electron chi connectivity index (χ3n) is 3.04. The van der Waals surface area contributed by atoms with E-state index in [1.54, 1.807) is 12.1 Å². The molecular weight excluding hydrogens is 744 g/mol. The second-order valence-electron chi connectivity index (χ2n) is 4.81. The molecule has 0 amide bonds. The van der Waals surface area contributed by atoms with E-state index in [0.717, 1.165) is 36.3 Å². The summed E-state index contributed by atoms with van der Waals surface area (Å²) in [5.41, 5.74) is 6.28. The minimum atomic E-state index is -1.08. The van der Waals surface area contributed by atoms with E-state index < -0.39 is 23.6 Å². The molecule has 0 radical (unpaired) electrons. The van der Waals surface area contributed by atoms with Crippen LogP contribution in [0.4, 0.5) is 8.78 Å². The van der Waals surface area contributed by atoms with E-state index in [0.29, 0.717) is 12.9 Å². The topological polar surface area (TPSA) is 72.5 Å². The molecule has 4 nitrogen and oxygen atoms in total. The Kier molecular flexibility index (Phi) is 7.15. The van der Waals surface area contributed by atoms with Crippen LogP contribution in [0.15, 0.2) is 24.3 Å². The zero-order valence-corrected chi connectivity index (χ0v) is 19.1. The number of hydrogen-bond acceptors (Lipinski definition) is 3. The molecule has 0 heterocycles. The fourth-order valence-electron chi connectivity index (χ4n) is 1.87. The van der Waals surface area contributed by atoms with Crippen LogP contribution in [0.2, 0.25) is 0 Å². The Morgan fingerprint density at radius 3 is 2.42 bits per heavy atom. The molecule has 1 atom stereocenters. The molecule has 1 unspecified atom stereocenters. The van der Waals surface area contributed by atoms with Crippen LogP contribution in [-0.4, -0.2) is 17.1 Å². The minimum absolute atomic E-state index is 0.0541. The van der Waals surface area contributed by atoms with E-state index in [1.807, 2.05) is 45.2 Å². The Hall–Kier alpha value is -0.127. The van der Waals surface area contributed by atoms with E-state index >= 15 is 0 Å². The summed E-state index contributed by atoms with van der Waals surface area (Å²) < 4.78 is 34.4. The molecule has 0 aliphatic heterocycles. The molecule has 0 saturated carbocycles. The van der Waals surface area contributed by atoms with Gasteiger partial charge in [0.1, 0.15) is 0 Å². The fourth-order valence-corrected chi connectivity index (χ4v) is 4.59. The second-order valence-corrected chi connectivity index (χ2v) is 8.61. The predicted octanol–water partition coefficient (Wildman–Crippen LogP) is 3.10. The van der Waals surface area contributed by atoms with Crippen molar-refractivity contribution in [3.8, 4) is 11.5 Å². The van der Waals surface area contributed by atoms with E-state index in [4.69, 9.17) is 15.6 Å². The number of hydrogen-bond donors (Lipinski definition) is 2. The van der Waals surface area contributed by atoms with Gasteiger partial charge in [0.05, 0.1) is 0 Å². The van der Waals surface area contributed by atoms with Gasteiger partial charge in [-0.25, -0.2) is 0 Å². The normalized spacial score (nSPS) is 12.1. The van der Waals surface area contributed by atoms with Crippen LogP contribution in [0.3, 0.4) is 0 Å². The van der Waals surface area contributed by atoms with Gasteiger partial charge < -0.3 is 0 Å². The summed E-state index contributed by atoms with van der Waals surface area (Å²) in [4.78, 5) is 10.9. The average Bonchev–Trinajstić information content (AvgIpc) is 2.50. The van der Waals surface area contributed by atoms with Crippen molar-refractivity contribution >= 4 is 54.4 Å². The molecule has 0 spiro atoms. The molecule has 3 N–H and O–H groups in total. The standard InChI is InChI=1S/C15H10AtF2I2NO3/c16-12-7(17)1-2-11(13(12)18)24-14-8(19)3-6(4-9(14)20)5-10(21)15(22)23/h1-4,10H,5,21H2,(H,22,23). The first-order valence-electron chi connectivity index (χ1n) is 6.48. The van der Waals surface area contributed by atoms with Crippen molar-refractivity contribution in [1.29, 1.82) is 0 Å². The first-order valence-corrected chi connectivity index (χ1v) is 10.1. The van der Waals surface area contributed by atoms with E-state index in [2.05, 4.69) is 0 Å². The third kappa shape index (κ3) is 4.73. The van der Waals surface area contributed by atoms with Crippen molar-refractivity contribution in [2.75, 3.05) is 0 Å². The molecule has 0 fully saturated rings. The maximum atomic E-state index is 14.1. The summed E-state index contributed by atoms with van der Waals surface area (Å²) in [6, 6.07) is 4.88. The summed E-state index contributed by atoms with van der Waals surface area (Å²) >= 11 is 4.93. The third-order valence-corrected chi connectivity index (χ3v) is 5.99. The molecule has 2 aromatic rings. The fraction of sp³-hybridized carbons (Fsp3) is 0.133. The summed E-state index contributed by atoms with van der Waals surface area (Å²) in [5, 5.41) is 8.89. The quantitative estimate of drug-likeness (QED) is 0.461. The maximum absolute atomic E-state index is 14.1. The molecule has 0 aliphatic carbocycles. The molecule has 2 rings (SSSR count). The number of carboxylic acid groups (broad SMARTS) is 1. The van der Waals surface area contributed by atoms with Gasteiger partial charge in [0, 0.05) is 0 Å². The number of benzene rings is 2. The van der Waals surface area contributed by atoms with Crippen LogP contribution in [0.1, 0.15) is 5.56 Å². The monoisotopic (exact) mass is 754 g/mol. The van der Waals surface area contributed by atoms with Gasteiger partial charge in [-0.1, -0.05) is 0 Å². The number of aliphatic carboxylic acids is 1. The Labute approximate surface area is 179 Å². The predicted molar refractivity (Wildman–Crippen MR) is 97.3 cm³/mol. The van der Waals surface area contributed by atoms with Crippen LogP contribution >= 0.6 is 45.2 Å². The van der Waals surface area contributed by atoms with Gasteiger partial charge in [-0.2, -0.15) is 0 Å². The van der Waals surface area contributed by atoms with Gasteiger partial charge in [0.2, 0.25) is 0 Å². The zero-order chi connectivity index (χ0) is 18.0. The van der Waals surface area contributed by atoms with Crippen LogP contribution < -0.4 is 13.7 Å². The summed E-state index contributed by atoms with van der Waals surface area (Å²) in [7, 11) is 0. The molecule has 128 valence electrons. The van der Waals surface area contributed by atoms with Crippen molar-refractivity contribution < 1.29 is 48.1 Å². The van der Waals surface area contributed by atoms with Crippen molar-refractivity contribution in [1.82, 2.24) is 0 Å². The summed E-state index contributed by atoms with van der Waals surface area (Å²) in [5.74, 6) is -2.04. The van der Waals surface area contributed by atoms with Gasteiger partial charge in [0.15, 0.2) is 0 Å². The Morgan fingerprint density at radius 1 is 1.29 bits per heavy atom. The van der Waals surface area contributed by atoms with E-state index in [1.165, 1.54) is 6.07 Å². The second kappa shape index (κ2) is 8.50. The molecule has 0 saturated heterocycles. The molecule has 0 aliphatic rings. The average molecular weight is 754 g/mol. The molecule has 9 heteroatoms. The van der Waals surface area contributed by atoms with Crippen molar-refractivity contribution in [2.24, 2.45) is 5.73 Å². The first kappa shape index (κ1) is 20.2. The molecule has 24 heavy (non-hydrogen) atoms. The van der Waals surface area contributed by atoms with E-state index in [-0.39, 0.29) is 15.4 Å². The molecule has 0 aromatic heterocycles. The number of nitrogens with two attached hydrogens (primary N) is 1. The first-order chi connectivity index (χ1) is 11.2. The van der Waals surface area contributed by atoms with E-state index in [9.17, 15) is 13.6 Å². The molecular formula is C15H10AtF2I2NO3. The van der Waals surface area contributed by atoms with Gasteiger partial charge in [-0.15, -0.1) is 0 Å². The van der Waals surface area contributed by atoms with Crippen molar-refractivity contribution in [3.05, 3.63) is 48.6 Å². The SMILES string of the molecule is NC(Cc1cc(I)c(Oc2ccc(F)c([At])c2F)c(I)c1)C(=O)O. The number of carbonyl (C=O) groups is 1. The van der Waals surface area contributed by atoms with Gasteiger partial charge >= 0.3 is 181 Å². The molecule has 2 aromatic carbocycles. The number of carboxylic acids is 1. The van der Waals surface area contributed by atoms with Crippen molar-refractivity contribution in [2.45, 2.75) is 12.5 Å². The van der Waals surface area contributed by atoms with Gasteiger partial charge in [-0.05, 0) is 0 Å². The summed E-state index contributed by atoms with van der Waals surface area (Å²) in [6.07, 6.45) is 0.174. The Bertz CT molecular complexity index is 782. The van der Waals surface area contributed by atoms with Crippen molar-refractivity contribution in [3.63, 3.8) is 0 Å². The molecule has 0 bridgehead atoms. The zero-order valence-electron chi connectivity index (χ0n) is 11.8. The summed E-state index contributed by atoms with van der Waals surface area (Å²) in [6.45, 7) is 0. The van der Waals surface area contributed by atoms with Crippen LogP contribution in [-0.2, 0) is 11.2 Å². The van der Waals surface area contributed by atoms with Crippen LogP contribution in [0, 0.1) is 43.5 Å². The number of halogens is 4. The number of ether oxygens (including phenoxy) is 1. The number of rotatable bonds is 5. The van der Waals surface area contributed by atoms with Crippen LogP contribution in [0.5, 0.6) is 11.5 Å². The van der Waals surface area contributed by atoms with Gasteiger partial charge in [-0.3, -0.25) is 0 Å².